The van der Waals surface area contributed by atoms with Crippen molar-refractivity contribution in [1.82, 2.24) is 9.97 Å². The number of nitrogens with zero attached hydrogens (tertiary/aromatic N) is 4. The van der Waals surface area contributed by atoms with Crippen LogP contribution in [0.2, 0.25) is 0 Å². The van der Waals surface area contributed by atoms with E-state index in [-0.39, 0.29) is 11.5 Å². The molecule has 2 heterocycles. The molecule has 1 unspecified atom stereocenters. The van der Waals surface area contributed by atoms with Gasteiger partial charge < -0.3 is 15.3 Å². The summed E-state index contributed by atoms with van der Waals surface area (Å²) < 4.78 is 0. The predicted molar refractivity (Wildman–Crippen MR) is 129 cm³/mol. The first-order valence-corrected chi connectivity index (χ1v) is 11.0. The van der Waals surface area contributed by atoms with Crippen LogP contribution in [0.4, 0.5) is 28.8 Å². The highest BCUT2D eigenvalue weighted by Crippen LogP contribution is 2.39. The van der Waals surface area contributed by atoms with E-state index >= 15 is 0 Å². The van der Waals surface area contributed by atoms with Gasteiger partial charge in [0.2, 0.25) is 5.95 Å². The summed E-state index contributed by atoms with van der Waals surface area (Å²) in [5.74, 6) is 0.437. The number of para-hydroxylation sites is 1. The lowest BCUT2D eigenvalue weighted by atomic mass is 10.1. The summed E-state index contributed by atoms with van der Waals surface area (Å²) in [4.78, 5) is 37.6. The highest BCUT2D eigenvalue weighted by molar-refractivity contribution is 6.09. The van der Waals surface area contributed by atoms with Gasteiger partial charge in [0.1, 0.15) is 11.7 Å². The Hall–Kier alpha value is -3.94. The molecule has 0 saturated heterocycles. The summed E-state index contributed by atoms with van der Waals surface area (Å²) >= 11 is 0. The van der Waals surface area contributed by atoms with Gasteiger partial charge in [-0.15, -0.1) is 0 Å². The van der Waals surface area contributed by atoms with Gasteiger partial charge in [-0.3, -0.25) is 9.69 Å². The molecule has 1 aliphatic rings. The summed E-state index contributed by atoms with van der Waals surface area (Å²) in [5, 5.41) is 12.4. The molecule has 1 atom stereocenters. The molecule has 8 heteroatoms. The maximum Gasteiger partial charge on any atom is 0.335 e. The van der Waals surface area contributed by atoms with E-state index in [4.69, 9.17) is 4.98 Å². The van der Waals surface area contributed by atoms with Crippen molar-refractivity contribution in [2.24, 2.45) is 5.92 Å². The molecule has 1 amide bonds. The van der Waals surface area contributed by atoms with E-state index in [0.717, 1.165) is 12.1 Å². The van der Waals surface area contributed by atoms with Crippen molar-refractivity contribution in [2.75, 3.05) is 21.7 Å². The summed E-state index contributed by atoms with van der Waals surface area (Å²) in [5.41, 5.74) is 2.13. The topological polar surface area (TPSA) is 98.7 Å². The van der Waals surface area contributed by atoms with Crippen LogP contribution in [0, 0.1) is 5.92 Å². The van der Waals surface area contributed by atoms with E-state index < -0.39 is 12.0 Å². The monoisotopic (exact) mass is 445 g/mol. The van der Waals surface area contributed by atoms with Crippen molar-refractivity contribution >= 4 is 40.7 Å². The zero-order valence-electron chi connectivity index (χ0n) is 18.9. The second kappa shape index (κ2) is 9.28. The van der Waals surface area contributed by atoms with Crippen molar-refractivity contribution in [3.05, 3.63) is 66.4 Å². The van der Waals surface area contributed by atoms with Gasteiger partial charge in [0.25, 0.3) is 5.91 Å². The minimum absolute atomic E-state index is 0.0316. The third-order valence-corrected chi connectivity index (χ3v) is 5.64. The molecule has 8 nitrogen and oxygen atoms in total. The Morgan fingerprint density at radius 3 is 2.61 bits per heavy atom. The molecule has 3 aromatic rings. The van der Waals surface area contributed by atoms with Crippen LogP contribution in [0.25, 0.3) is 0 Å². The summed E-state index contributed by atoms with van der Waals surface area (Å²) in [6, 6.07) is 15.6. The van der Waals surface area contributed by atoms with Crippen LogP contribution >= 0.6 is 0 Å². The zero-order valence-corrected chi connectivity index (χ0v) is 18.9. The maximum atomic E-state index is 13.4. The Morgan fingerprint density at radius 1 is 1.15 bits per heavy atom. The van der Waals surface area contributed by atoms with Gasteiger partial charge >= 0.3 is 5.97 Å². The van der Waals surface area contributed by atoms with E-state index in [1.54, 1.807) is 23.2 Å². The Morgan fingerprint density at radius 2 is 1.91 bits per heavy atom. The molecule has 4 rings (SSSR count). The molecule has 170 valence electrons. The van der Waals surface area contributed by atoms with E-state index in [9.17, 15) is 14.7 Å². The van der Waals surface area contributed by atoms with Gasteiger partial charge in [-0.25, -0.2) is 9.78 Å². The fourth-order valence-electron chi connectivity index (χ4n) is 3.82. The number of fused-ring (bicyclic) bond motifs is 1. The molecule has 0 bridgehead atoms. The first kappa shape index (κ1) is 22.3. The quantitative estimate of drug-likeness (QED) is 0.537. The average Bonchev–Trinajstić information content (AvgIpc) is 2.80. The SMILES string of the molecule is CC(C)CCN1c2nc(Nc3cccc(C(=O)O)c3)ncc2N(c2ccccc2)C(=O)C1C. The first-order chi connectivity index (χ1) is 15.8. The van der Waals surface area contributed by atoms with E-state index in [1.165, 1.54) is 12.1 Å². The molecule has 0 aliphatic carbocycles. The van der Waals surface area contributed by atoms with E-state index in [2.05, 4.69) is 24.1 Å². The molecule has 0 spiro atoms. The highest BCUT2D eigenvalue weighted by atomic mass is 16.4. The van der Waals surface area contributed by atoms with Crippen LogP contribution in [0.15, 0.2) is 60.8 Å². The molecule has 0 saturated carbocycles. The number of carboxylic acids is 1. The van der Waals surface area contributed by atoms with Gasteiger partial charge in [-0.2, -0.15) is 4.98 Å². The fraction of sp³-hybridized carbons (Fsp3) is 0.280. The van der Waals surface area contributed by atoms with Crippen LogP contribution in [-0.2, 0) is 4.79 Å². The molecule has 33 heavy (non-hydrogen) atoms. The molecule has 2 N–H and O–H groups in total. The lowest BCUT2D eigenvalue weighted by Crippen LogP contribution is -2.51. The van der Waals surface area contributed by atoms with Crippen molar-refractivity contribution in [2.45, 2.75) is 33.2 Å². The molecular weight excluding hydrogens is 418 g/mol. The van der Waals surface area contributed by atoms with Gasteiger partial charge in [0.15, 0.2) is 5.82 Å². The molecule has 0 radical (unpaired) electrons. The number of nitrogens with one attached hydrogen (secondary N) is 1. The molecule has 0 fully saturated rings. The molecular formula is C25H27N5O3. The van der Waals surface area contributed by atoms with Gasteiger partial charge in [0.05, 0.1) is 11.8 Å². The zero-order chi connectivity index (χ0) is 23.5. The Kier molecular flexibility index (Phi) is 6.26. The number of carbonyl (C=O) groups excluding carboxylic acids is 1. The van der Waals surface area contributed by atoms with Crippen LogP contribution in [0.5, 0.6) is 0 Å². The van der Waals surface area contributed by atoms with Crippen LogP contribution in [0.1, 0.15) is 37.6 Å². The van der Waals surface area contributed by atoms with Crippen molar-refractivity contribution in [3.63, 3.8) is 0 Å². The maximum absolute atomic E-state index is 13.4. The lowest BCUT2D eigenvalue weighted by Gasteiger charge is -2.40. The van der Waals surface area contributed by atoms with E-state index in [1.807, 2.05) is 42.2 Å². The Labute approximate surface area is 192 Å². The number of rotatable bonds is 7. The molecule has 1 aromatic heterocycles. The molecule has 1 aliphatic heterocycles. The normalized spacial score (nSPS) is 15.5. The average molecular weight is 446 g/mol. The number of hydrogen-bond acceptors (Lipinski definition) is 6. The third-order valence-electron chi connectivity index (χ3n) is 5.64. The van der Waals surface area contributed by atoms with Gasteiger partial charge in [-0.05, 0) is 49.6 Å². The number of aromatic nitrogens is 2. The van der Waals surface area contributed by atoms with Gasteiger partial charge in [-0.1, -0.05) is 38.1 Å². The lowest BCUT2D eigenvalue weighted by molar-refractivity contribution is -0.119. The number of carbonyl (C=O) groups is 2. The predicted octanol–water partition coefficient (Wildman–Crippen LogP) is 4.84. The number of benzene rings is 2. The van der Waals surface area contributed by atoms with E-state index in [0.29, 0.717) is 35.6 Å². The number of hydrogen-bond donors (Lipinski definition) is 2. The highest BCUT2D eigenvalue weighted by Gasteiger charge is 2.37. The number of carboxylic acid groups (broad SMARTS) is 1. The first-order valence-electron chi connectivity index (χ1n) is 11.0. The van der Waals surface area contributed by atoms with Crippen molar-refractivity contribution in [1.29, 1.82) is 0 Å². The third kappa shape index (κ3) is 4.64. The number of amides is 1. The number of aromatic carboxylic acids is 1. The van der Waals surface area contributed by atoms with Crippen LogP contribution in [0.3, 0.4) is 0 Å². The summed E-state index contributed by atoms with van der Waals surface area (Å²) in [6.45, 7) is 6.88. The Balaban J connectivity index is 1.75. The largest absolute Gasteiger partial charge is 0.478 e. The standard InChI is InChI=1S/C25H27N5O3/c1-16(2)12-13-29-17(3)23(31)30(20-10-5-4-6-11-20)21-15-26-25(28-22(21)29)27-19-9-7-8-18(14-19)24(32)33/h4-11,14-17H,12-13H2,1-3H3,(H,32,33)(H,26,27,28). The van der Waals surface area contributed by atoms with Gasteiger partial charge in [0, 0.05) is 17.9 Å². The van der Waals surface area contributed by atoms with Crippen LogP contribution in [-0.4, -0.2) is 39.5 Å². The minimum atomic E-state index is -1.00. The smallest absolute Gasteiger partial charge is 0.335 e. The summed E-state index contributed by atoms with van der Waals surface area (Å²) in [6.07, 6.45) is 2.56. The minimum Gasteiger partial charge on any atom is -0.478 e. The second-order valence-corrected chi connectivity index (χ2v) is 8.47. The van der Waals surface area contributed by atoms with Crippen molar-refractivity contribution in [3.8, 4) is 0 Å². The number of anilines is 5. The second-order valence-electron chi connectivity index (χ2n) is 8.47. The molecule has 2 aromatic carbocycles. The fourth-order valence-corrected chi connectivity index (χ4v) is 3.82. The van der Waals surface area contributed by atoms with Crippen molar-refractivity contribution < 1.29 is 14.7 Å². The van der Waals surface area contributed by atoms with Crippen LogP contribution < -0.4 is 15.1 Å². The summed E-state index contributed by atoms with van der Waals surface area (Å²) in [7, 11) is 0. The Bertz CT molecular complexity index is 1170.